The molecule has 0 aromatic carbocycles. The maximum atomic E-state index is 11.8. The predicted octanol–water partition coefficient (Wildman–Crippen LogP) is 0.0930. The number of hydrogen-bond donors (Lipinski definition) is 2. The number of carbonyl (C=O) groups is 1. The Morgan fingerprint density at radius 2 is 2.05 bits per heavy atom. The first-order valence-corrected chi connectivity index (χ1v) is 8.32. The summed E-state index contributed by atoms with van der Waals surface area (Å²) < 4.78 is 26.3. The maximum Gasteiger partial charge on any atom is 0.238 e. The van der Waals surface area contributed by atoms with E-state index in [0.717, 1.165) is 18.5 Å². The van der Waals surface area contributed by atoms with E-state index in [0.29, 0.717) is 12.5 Å². The summed E-state index contributed by atoms with van der Waals surface area (Å²) in [7, 11) is -3.39. The second-order valence-corrected chi connectivity index (χ2v) is 7.04. The van der Waals surface area contributed by atoms with Gasteiger partial charge in [-0.15, -0.1) is 0 Å². The SMILES string of the molecule is CC(C)Cn1cncc1CNC(=O)C(C)NS(C)(=O)=O. The highest BCUT2D eigenvalue weighted by Gasteiger charge is 2.17. The van der Waals surface area contributed by atoms with Gasteiger partial charge in [0.15, 0.2) is 0 Å². The quantitative estimate of drug-likeness (QED) is 0.746. The number of hydrogen-bond acceptors (Lipinski definition) is 4. The fourth-order valence-corrected chi connectivity index (χ4v) is 2.51. The average Bonchev–Trinajstić information content (AvgIpc) is 2.70. The van der Waals surface area contributed by atoms with Gasteiger partial charge in [0.1, 0.15) is 0 Å². The lowest BCUT2D eigenvalue weighted by molar-refractivity contribution is -0.122. The van der Waals surface area contributed by atoms with E-state index < -0.39 is 16.1 Å². The predicted molar refractivity (Wildman–Crippen MR) is 76.4 cm³/mol. The minimum Gasteiger partial charge on any atom is -0.349 e. The van der Waals surface area contributed by atoms with Gasteiger partial charge in [0.2, 0.25) is 15.9 Å². The van der Waals surface area contributed by atoms with E-state index in [2.05, 4.69) is 28.9 Å². The Hall–Kier alpha value is -1.41. The fourth-order valence-electron chi connectivity index (χ4n) is 1.76. The fraction of sp³-hybridized carbons (Fsp3) is 0.667. The van der Waals surface area contributed by atoms with Crippen molar-refractivity contribution in [1.29, 1.82) is 0 Å². The van der Waals surface area contributed by atoms with Crippen LogP contribution < -0.4 is 10.0 Å². The Kier molecular flexibility index (Phi) is 5.70. The van der Waals surface area contributed by atoms with Gasteiger partial charge in [-0.1, -0.05) is 13.8 Å². The zero-order chi connectivity index (χ0) is 15.3. The van der Waals surface area contributed by atoms with Gasteiger partial charge in [0.05, 0.1) is 30.9 Å². The van der Waals surface area contributed by atoms with Crippen LogP contribution in [0.1, 0.15) is 26.5 Å². The maximum absolute atomic E-state index is 11.8. The van der Waals surface area contributed by atoms with Gasteiger partial charge < -0.3 is 9.88 Å². The van der Waals surface area contributed by atoms with E-state index in [4.69, 9.17) is 0 Å². The minimum absolute atomic E-state index is 0.321. The number of aromatic nitrogens is 2. The van der Waals surface area contributed by atoms with E-state index in [1.165, 1.54) is 6.92 Å². The van der Waals surface area contributed by atoms with Crippen molar-refractivity contribution in [3.05, 3.63) is 18.2 Å². The van der Waals surface area contributed by atoms with Gasteiger partial charge >= 0.3 is 0 Å². The summed E-state index contributed by atoms with van der Waals surface area (Å²) in [6.45, 7) is 6.84. The van der Waals surface area contributed by atoms with Crippen molar-refractivity contribution in [2.45, 2.75) is 39.9 Å². The van der Waals surface area contributed by atoms with Crippen molar-refractivity contribution in [3.8, 4) is 0 Å². The van der Waals surface area contributed by atoms with E-state index in [1.54, 1.807) is 12.5 Å². The van der Waals surface area contributed by atoms with Crippen LogP contribution in [0.15, 0.2) is 12.5 Å². The molecule has 0 radical (unpaired) electrons. The third-order valence-corrected chi connectivity index (χ3v) is 3.37. The summed E-state index contributed by atoms with van der Waals surface area (Å²) in [5, 5.41) is 2.69. The molecule has 0 aliphatic heterocycles. The van der Waals surface area contributed by atoms with Crippen LogP contribution in [0, 0.1) is 5.92 Å². The highest BCUT2D eigenvalue weighted by molar-refractivity contribution is 7.88. The molecule has 20 heavy (non-hydrogen) atoms. The molecule has 1 rings (SSSR count). The lowest BCUT2D eigenvalue weighted by Gasteiger charge is -2.14. The van der Waals surface area contributed by atoms with E-state index in [1.807, 2.05) is 4.57 Å². The number of rotatable bonds is 7. The standard InChI is InChI=1S/C12H22N4O3S/c1-9(2)7-16-8-13-5-11(16)6-14-12(17)10(3)15-20(4,18)19/h5,8-10,15H,6-7H2,1-4H3,(H,14,17). The molecule has 0 saturated carbocycles. The number of nitrogens with one attached hydrogen (secondary N) is 2. The number of amides is 1. The second kappa shape index (κ2) is 6.85. The first kappa shape index (κ1) is 16.6. The van der Waals surface area contributed by atoms with Crippen molar-refractivity contribution in [2.75, 3.05) is 6.26 Å². The Labute approximate surface area is 119 Å². The molecule has 1 heterocycles. The molecule has 1 aromatic rings. The van der Waals surface area contributed by atoms with Crippen LogP contribution in [0.4, 0.5) is 0 Å². The average molecular weight is 302 g/mol. The molecule has 114 valence electrons. The molecule has 0 aliphatic carbocycles. The molecule has 0 saturated heterocycles. The third kappa shape index (κ3) is 5.70. The molecule has 2 N–H and O–H groups in total. The highest BCUT2D eigenvalue weighted by atomic mass is 32.2. The normalized spacial score (nSPS) is 13.4. The Morgan fingerprint density at radius 1 is 1.40 bits per heavy atom. The summed E-state index contributed by atoms with van der Waals surface area (Å²) in [6.07, 6.45) is 4.44. The van der Waals surface area contributed by atoms with Gasteiger partial charge in [0, 0.05) is 12.7 Å². The number of nitrogens with zero attached hydrogens (tertiary/aromatic N) is 2. The smallest absolute Gasteiger partial charge is 0.238 e. The molecule has 0 fully saturated rings. The summed E-state index contributed by atoms with van der Waals surface area (Å²) in [6, 6.07) is -0.800. The highest BCUT2D eigenvalue weighted by Crippen LogP contribution is 2.04. The van der Waals surface area contributed by atoms with Crippen LogP contribution in [0.2, 0.25) is 0 Å². The van der Waals surface area contributed by atoms with Gasteiger partial charge in [-0.2, -0.15) is 0 Å². The van der Waals surface area contributed by atoms with Gasteiger partial charge in [-0.25, -0.2) is 18.1 Å². The van der Waals surface area contributed by atoms with Crippen LogP contribution in [-0.4, -0.2) is 36.2 Å². The summed E-state index contributed by atoms with van der Waals surface area (Å²) in [5.74, 6) is 0.109. The van der Waals surface area contributed by atoms with Crippen LogP contribution in [0.3, 0.4) is 0 Å². The first-order chi connectivity index (χ1) is 9.19. The van der Waals surface area contributed by atoms with E-state index in [9.17, 15) is 13.2 Å². The molecule has 8 heteroatoms. The molecule has 0 aliphatic rings. The second-order valence-electron chi connectivity index (χ2n) is 5.26. The van der Waals surface area contributed by atoms with Crippen molar-refractivity contribution in [1.82, 2.24) is 19.6 Å². The molecular formula is C12H22N4O3S. The van der Waals surface area contributed by atoms with Gasteiger partial charge in [0.25, 0.3) is 0 Å². The van der Waals surface area contributed by atoms with E-state index in [-0.39, 0.29) is 5.91 Å². The van der Waals surface area contributed by atoms with Crippen LogP contribution in [0.5, 0.6) is 0 Å². The van der Waals surface area contributed by atoms with Crippen molar-refractivity contribution >= 4 is 15.9 Å². The molecule has 7 nitrogen and oxygen atoms in total. The third-order valence-electron chi connectivity index (χ3n) is 2.59. The first-order valence-electron chi connectivity index (χ1n) is 6.43. The van der Waals surface area contributed by atoms with Crippen LogP contribution in [-0.2, 0) is 27.9 Å². The summed E-state index contributed by atoms with van der Waals surface area (Å²) >= 11 is 0. The van der Waals surface area contributed by atoms with Crippen LogP contribution in [0.25, 0.3) is 0 Å². The molecule has 0 spiro atoms. The molecular weight excluding hydrogens is 280 g/mol. The molecule has 1 amide bonds. The van der Waals surface area contributed by atoms with E-state index >= 15 is 0 Å². The Morgan fingerprint density at radius 3 is 2.60 bits per heavy atom. The molecule has 1 unspecified atom stereocenters. The van der Waals surface area contributed by atoms with Crippen molar-refractivity contribution in [3.63, 3.8) is 0 Å². The van der Waals surface area contributed by atoms with Crippen molar-refractivity contribution in [2.24, 2.45) is 5.92 Å². The number of sulfonamides is 1. The zero-order valence-electron chi connectivity index (χ0n) is 12.3. The van der Waals surface area contributed by atoms with Gasteiger partial charge in [-0.3, -0.25) is 4.79 Å². The molecule has 0 bridgehead atoms. The van der Waals surface area contributed by atoms with Crippen molar-refractivity contribution < 1.29 is 13.2 Å². The largest absolute Gasteiger partial charge is 0.349 e. The van der Waals surface area contributed by atoms with Crippen LogP contribution >= 0.6 is 0 Å². The lowest BCUT2D eigenvalue weighted by atomic mass is 10.2. The molecule has 1 atom stereocenters. The van der Waals surface area contributed by atoms with Gasteiger partial charge in [-0.05, 0) is 12.8 Å². The summed E-state index contributed by atoms with van der Waals surface area (Å²) in [4.78, 5) is 15.8. The number of imidazole rings is 1. The topological polar surface area (TPSA) is 93.1 Å². The number of carbonyl (C=O) groups excluding carboxylic acids is 1. The molecule has 1 aromatic heterocycles. The monoisotopic (exact) mass is 302 g/mol. The Balaban J connectivity index is 2.55. The zero-order valence-corrected chi connectivity index (χ0v) is 13.1. The summed E-state index contributed by atoms with van der Waals surface area (Å²) in [5.41, 5.74) is 0.888. The lowest BCUT2D eigenvalue weighted by Crippen LogP contribution is -2.44. The minimum atomic E-state index is -3.39. The Bertz CT molecular complexity index is 551.